The Morgan fingerprint density at radius 3 is 2.58 bits per heavy atom. The van der Waals surface area contributed by atoms with Crippen LogP contribution >= 0.6 is 0 Å². The number of carbonyl (C=O) groups excluding carboxylic acids is 3. The summed E-state index contributed by atoms with van der Waals surface area (Å²) in [6.45, 7) is 0. The van der Waals surface area contributed by atoms with E-state index in [2.05, 4.69) is 5.32 Å². The molecule has 1 heterocycles. The van der Waals surface area contributed by atoms with Crippen molar-refractivity contribution < 1.29 is 14.4 Å². The smallest absolute Gasteiger partial charge is 0.312 e. The first-order chi connectivity index (χ1) is 5.52. The van der Waals surface area contributed by atoms with Gasteiger partial charge in [-0.2, -0.15) is 0 Å². The van der Waals surface area contributed by atoms with Gasteiger partial charge in [-0.3, -0.25) is 14.5 Å². The first-order valence-electron chi connectivity index (χ1n) is 3.38. The molecule has 0 aliphatic carbocycles. The van der Waals surface area contributed by atoms with E-state index in [0.717, 1.165) is 4.90 Å². The van der Waals surface area contributed by atoms with E-state index in [-0.39, 0.29) is 12.3 Å². The monoisotopic (exact) mass is 171 g/mol. The van der Waals surface area contributed by atoms with Gasteiger partial charge in [0.25, 0.3) is 5.91 Å². The molecular weight excluding hydrogens is 162 g/mol. The maximum Gasteiger partial charge on any atom is 0.312 e. The minimum Gasteiger partial charge on any atom is -0.352 e. The molecule has 6 heteroatoms. The van der Waals surface area contributed by atoms with Gasteiger partial charge in [0, 0.05) is 7.05 Å². The molecule has 1 fully saturated rings. The van der Waals surface area contributed by atoms with Gasteiger partial charge in [0.05, 0.1) is 6.42 Å². The van der Waals surface area contributed by atoms with Gasteiger partial charge in [-0.25, -0.2) is 4.79 Å². The molecule has 0 radical (unpaired) electrons. The third kappa shape index (κ3) is 1.36. The van der Waals surface area contributed by atoms with Gasteiger partial charge in [0.15, 0.2) is 0 Å². The van der Waals surface area contributed by atoms with Crippen molar-refractivity contribution in [1.29, 1.82) is 0 Å². The predicted octanol–water partition coefficient (Wildman–Crippen LogP) is -1.59. The highest BCUT2D eigenvalue weighted by Crippen LogP contribution is 2.09. The minimum atomic E-state index is -0.795. The highest BCUT2D eigenvalue weighted by molar-refractivity contribution is 6.06. The summed E-state index contributed by atoms with van der Waals surface area (Å²) in [6.07, 6.45) is -0.00171. The average molecular weight is 171 g/mol. The fourth-order valence-corrected chi connectivity index (χ4v) is 1.04. The van der Waals surface area contributed by atoms with Crippen LogP contribution in [0.15, 0.2) is 0 Å². The molecule has 4 amide bonds. The SMILES string of the molecule is CN1C(=O)CC(NC(N)=O)C1=O. The number of nitrogens with two attached hydrogens (primary N) is 1. The van der Waals surface area contributed by atoms with E-state index in [1.807, 2.05) is 0 Å². The molecule has 6 nitrogen and oxygen atoms in total. The van der Waals surface area contributed by atoms with Crippen molar-refractivity contribution in [2.75, 3.05) is 7.05 Å². The van der Waals surface area contributed by atoms with Crippen molar-refractivity contribution in [2.45, 2.75) is 12.5 Å². The molecule has 1 saturated heterocycles. The molecule has 3 N–H and O–H groups in total. The third-order valence-electron chi connectivity index (χ3n) is 1.70. The summed E-state index contributed by atoms with van der Waals surface area (Å²) in [5, 5.41) is 2.18. The normalized spacial score (nSPS) is 23.1. The number of imide groups is 1. The lowest BCUT2D eigenvalue weighted by atomic mass is 10.2. The highest BCUT2D eigenvalue weighted by Gasteiger charge is 2.36. The van der Waals surface area contributed by atoms with Gasteiger partial charge < -0.3 is 11.1 Å². The van der Waals surface area contributed by atoms with E-state index in [1.165, 1.54) is 7.05 Å². The van der Waals surface area contributed by atoms with Gasteiger partial charge in [-0.05, 0) is 0 Å². The quantitative estimate of drug-likeness (QED) is 0.466. The predicted molar refractivity (Wildman–Crippen MR) is 38.9 cm³/mol. The zero-order valence-electron chi connectivity index (χ0n) is 6.53. The van der Waals surface area contributed by atoms with E-state index in [1.54, 1.807) is 0 Å². The summed E-state index contributed by atoms with van der Waals surface area (Å²) >= 11 is 0. The maximum absolute atomic E-state index is 11.1. The number of amides is 4. The van der Waals surface area contributed by atoms with Crippen molar-refractivity contribution in [3.05, 3.63) is 0 Å². The van der Waals surface area contributed by atoms with Crippen LogP contribution in [-0.4, -0.2) is 35.8 Å². The lowest BCUT2D eigenvalue weighted by Crippen LogP contribution is -2.43. The molecule has 0 aromatic rings. The number of nitrogens with one attached hydrogen (secondary N) is 1. The number of primary amides is 1. The van der Waals surface area contributed by atoms with Crippen LogP contribution in [0.2, 0.25) is 0 Å². The van der Waals surface area contributed by atoms with Gasteiger partial charge in [0.1, 0.15) is 6.04 Å². The number of nitrogens with zero attached hydrogens (tertiary/aromatic N) is 1. The van der Waals surface area contributed by atoms with Crippen LogP contribution in [0.5, 0.6) is 0 Å². The zero-order chi connectivity index (χ0) is 9.30. The third-order valence-corrected chi connectivity index (χ3v) is 1.70. The fraction of sp³-hybridized carbons (Fsp3) is 0.500. The molecule has 1 rings (SSSR count). The van der Waals surface area contributed by atoms with Crippen molar-refractivity contribution in [3.63, 3.8) is 0 Å². The number of urea groups is 1. The Kier molecular flexibility index (Phi) is 1.99. The molecule has 1 unspecified atom stereocenters. The molecule has 1 atom stereocenters. The van der Waals surface area contributed by atoms with Crippen molar-refractivity contribution in [3.8, 4) is 0 Å². The van der Waals surface area contributed by atoms with Crippen LogP contribution in [0.4, 0.5) is 4.79 Å². The maximum atomic E-state index is 11.1. The van der Waals surface area contributed by atoms with E-state index < -0.39 is 18.0 Å². The molecule has 1 aliphatic rings. The number of likely N-dealkylation sites (N-methyl/N-ethyl adjacent to an activating group) is 1. The van der Waals surface area contributed by atoms with Crippen molar-refractivity contribution in [2.24, 2.45) is 5.73 Å². The van der Waals surface area contributed by atoms with E-state index >= 15 is 0 Å². The Morgan fingerprint density at radius 2 is 2.25 bits per heavy atom. The largest absolute Gasteiger partial charge is 0.352 e. The van der Waals surface area contributed by atoms with Crippen LogP contribution in [0, 0.1) is 0 Å². The number of likely N-dealkylation sites (tertiary alicyclic amines) is 1. The molecule has 1 aliphatic heterocycles. The molecule has 66 valence electrons. The lowest BCUT2D eigenvalue weighted by Gasteiger charge is -2.08. The van der Waals surface area contributed by atoms with Crippen LogP contribution in [-0.2, 0) is 9.59 Å². The molecule has 12 heavy (non-hydrogen) atoms. The molecule has 0 spiro atoms. The van der Waals surface area contributed by atoms with E-state index in [4.69, 9.17) is 5.73 Å². The Balaban J connectivity index is 2.65. The van der Waals surface area contributed by atoms with Crippen LogP contribution in [0.3, 0.4) is 0 Å². The topological polar surface area (TPSA) is 92.5 Å². The average Bonchev–Trinajstić information content (AvgIpc) is 2.17. The Bertz CT molecular complexity index is 248. The lowest BCUT2D eigenvalue weighted by molar-refractivity contribution is -0.137. The van der Waals surface area contributed by atoms with Crippen LogP contribution < -0.4 is 11.1 Å². The van der Waals surface area contributed by atoms with Gasteiger partial charge >= 0.3 is 6.03 Å². The second kappa shape index (κ2) is 2.80. The zero-order valence-corrected chi connectivity index (χ0v) is 6.53. The molecule has 0 bridgehead atoms. The molecule has 0 aromatic heterocycles. The number of carbonyl (C=O) groups is 3. The minimum absolute atomic E-state index is 0.00171. The number of hydrogen-bond donors (Lipinski definition) is 2. The van der Waals surface area contributed by atoms with Gasteiger partial charge in [-0.15, -0.1) is 0 Å². The van der Waals surface area contributed by atoms with Gasteiger partial charge in [0.2, 0.25) is 5.91 Å². The summed E-state index contributed by atoms with van der Waals surface area (Å²) in [7, 11) is 1.37. The standard InChI is InChI=1S/C6H9N3O3/c1-9-4(10)2-3(5(9)11)8-6(7)12/h3H,2H2,1H3,(H3,7,8,12). The summed E-state index contributed by atoms with van der Waals surface area (Å²) in [5.74, 6) is -0.724. The first kappa shape index (κ1) is 8.51. The number of rotatable bonds is 1. The fourth-order valence-electron chi connectivity index (χ4n) is 1.04. The number of hydrogen-bond acceptors (Lipinski definition) is 3. The Hall–Kier alpha value is -1.59. The first-order valence-corrected chi connectivity index (χ1v) is 3.38. The second-order valence-corrected chi connectivity index (χ2v) is 2.56. The highest BCUT2D eigenvalue weighted by atomic mass is 16.2. The van der Waals surface area contributed by atoms with Crippen LogP contribution in [0.1, 0.15) is 6.42 Å². The Morgan fingerprint density at radius 1 is 1.67 bits per heavy atom. The summed E-state index contributed by atoms with van der Waals surface area (Å²) in [6, 6.07) is -1.57. The molecule has 0 saturated carbocycles. The van der Waals surface area contributed by atoms with E-state index in [0.29, 0.717) is 0 Å². The molecular formula is C6H9N3O3. The van der Waals surface area contributed by atoms with Crippen LogP contribution in [0.25, 0.3) is 0 Å². The second-order valence-electron chi connectivity index (χ2n) is 2.56. The van der Waals surface area contributed by atoms with Crippen molar-refractivity contribution >= 4 is 17.8 Å². The molecule has 0 aromatic carbocycles. The summed E-state index contributed by atoms with van der Waals surface area (Å²) in [4.78, 5) is 33.3. The summed E-state index contributed by atoms with van der Waals surface area (Å²) < 4.78 is 0. The van der Waals surface area contributed by atoms with E-state index in [9.17, 15) is 14.4 Å². The van der Waals surface area contributed by atoms with Gasteiger partial charge in [-0.1, -0.05) is 0 Å². The van der Waals surface area contributed by atoms with Crippen molar-refractivity contribution in [1.82, 2.24) is 10.2 Å². The Labute approximate surface area is 68.7 Å². The summed E-state index contributed by atoms with van der Waals surface area (Å²) in [5.41, 5.74) is 4.79.